The van der Waals surface area contributed by atoms with Gasteiger partial charge in [-0.3, -0.25) is 4.79 Å². The summed E-state index contributed by atoms with van der Waals surface area (Å²) in [6, 6.07) is 9.97. The van der Waals surface area contributed by atoms with Gasteiger partial charge in [-0.15, -0.1) is 24.8 Å². The third kappa shape index (κ3) is 8.94. The Kier molecular flexibility index (Phi) is 12.6. The molecule has 0 fully saturated rings. The van der Waals surface area contributed by atoms with Crippen LogP contribution in [0.2, 0.25) is 0 Å². The van der Waals surface area contributed by atoms with Gasteiger partial charge in [-0.05, 0) is 26.5 Å². The molecule has 1 amide bonds. The molecule has 0 saturated carbocycles. The summed E-state index contributed by atoms with van der Waals surface area (Å²) in [4.78, 5) is 14.0. The van der Waals surface area contributed by atoms with E-state index in [1.165, 1.54) is 0 Å². The Labute approximate surface area is 140 Å². The van der Waals surface area contributed by atoms with Gasteiger partial charge in [-0.25, -0.2) is 0 Å². The zero-order valence-corrected chi connectivity index (χ0v) is 14.5. The number of likely N-dealkylation sites (N-methyl/N-ethyl adjacent to an activating group) is 1. The van der Waals surface area contributed by atoms with Crippen molar-refractivity contribution in [3.8, 4) is 0 Å². The Morgan fingerprint density at radius 1 is 1.24 bits per heavy atom. The highest BCUT2D eigenvalue weighted by Crippen LogP contribution is 2.12. The van der Waals surface area contributed by atoms with Crippen LogP contribution in [0.15, 0.2) is 30.3 Å². The van der Waals surface area contributed by atoms with Crippen molar-refractivity contribution in [2.45, 2.75) is 32.4 Å². The highest BCUT2D eigenvalue weighted by molar-refractivity contribution is 5.85. The summed E-state index contributed by atoms with van der Waals surface area (Å²) in [7, 11) is 2.05. The van der Waals surface area contributed by atoms with E-state index in [9.17, 15) is 4.79 Å². The van der Waals surface area contributed by atoms with Crippen LogP contribution in [0.4, 0.5) is 0 Å². The number of nitrogens with two attached hydrogens (primary N) is 1. The number of rotatable bonds is 7. The molecular weight excluding hydrogens is 309 g/mol. The molecule has 0 radical (unpaired) electrons. The maximum Gasteiger partial charge on any atom is 0.221 e. The predicted molar refractivity (Wildman–Crippen MR) is 93.3 cm³/mol. The van der Waals surface area contributed by atoms with Crippen LogP contribution in [0.25, 0.3) is 0 Å². The fourth-order valence-corrected chi connectivity index (χ4v) is 1.72. The van der Waals surface area contributed by atoms with E-state index in [1.54, 1.807) is 0 Å². The van der Waals surface area contributed by atoms with Crippen LogP contribution in [0.3, 0.4) is 0 Å². The number of nitrogens with zero attached hydrogens (tertiary/aromatic N) is 1. The Hall–Kier alpha value is -0.810. The summed E-state index contributed by atoms with van der Waals surface area (Å²) in [5.74, 6) is 0.00788. The second kappa shape index (κ2) is 11.8. The molecule has 0 aliphatic heterocycles. The molecule has 3 N–H and O–H groups in total. The minimum absolute atomic E-state index is 0. The van der Waals surface area contributed by atoms with Crippen LogP contribution >= 0.6 is 24.8 Å². The number of nitrogens with one attached hydrogen (secondary N) is 1. The number of carbonyl (C=O) groups is 1. The van der Waals surface area contributed by atoms with Crippen molar-refractivity contribution < 1.29 is 4.79 Å². The van der Waals surface area contributed by atoms with Crippen LogP contribution in [0, 0.1) is 0 Å². The number of hydrogen-bond donors (Lipinski definition) is 2. The Morgan fingerprint density at radius 3 is 2.33 bits per heavy atom. The summed E-state index contributed by atoms with van der Waals surface area (Å²) in [5.41, 5.74) is 7.00. The average Bonchev–Trinajstić information content (AvgIpc) is 2.39. The van der Waals surface area contributed by atoms with Gasteiger partial charge in [0.25, 0.3) is 0 Å². The highest BCUT2D eigenvalue weighted by atomic mass is 35.5. The average molecular weight is 336 g/mol. The normalized spacial score (nSPS) is 11.5. The Morgan fingerprint density at radius 2 is 1.81 bits per heavy atom. The molecule has 0 aliphatic rings. The van der Waals surface area contributed by atoms with Crippen molar-refractivity contribution in [1.29, 1.82) is 0 Å². The van der Waals surface area contributed by atoms with Gasteiger partial charge in [0.2, 0.25) is 5.91 Å². The summed E-state index contributed by atoms with van der Waals surface area (Å²) < 4.78 is 0. The van der Waals surface area contributed by atoms with Gasteiger partial charge in [0.15, 0.2) is 0 Å². The fraction of sp³-hybridized carbons (Fsp3) is 0.533. The zero-order valence-electron chi connectivity index (χ0n) is 12.9. The van der Waals surface area contributed by atoms with Crippen LogP contribution in [-0.4, -0.2) is 37.0 Å². The minimum Gasteiger partial charge on any atom is -0.355 e. The first-order valence-electron chi connectivity index (χ1n) is 6.78. The Bertz CT molecular complexity index is 388. The van der Waals surface area contributed by atoms with Gasteiger partial charge in [0.05, 0.1) is 0 Å². The second-order valence-electron chi connectivity index (χ2n) is 5.15. The van der Waals surface area contributed by atoms with E-state index >= 15 is 0 Å². The van der Waals surface area contributed by atoms with Gasteiger partial charge in [0, 0.05) is 31.6 Å². The molecule has 4 nitrogen and oxygen atoms in total. The molecular formula is C15H27Cl2N3O. The second-order valence-corrected chi connectivity index (χ2v) is 5.15. The minimum atomic E-state index is -0.232. The molecule has 0 aromatic heterocycles. The lowest BCUT2D eigenvalue weighted by Gasteiger charge is -2.21. The molecule has 122 valence electrons. The number of amides is 1. The van der Waals surface area contributed by atoms with Crippen molar-refractivity contribution in [1.82, 2.24) is 10.2 Å². The quantitative estimate of drug-likeness (QED) is 0.804. The van der Waals surface area contributed by atoms with Crippen molar-refractivity contribution in [3.05, 3.63) is 35.9 Å². The van der Waals surface area contributed by atoms with Gasteiger partial charge >= 0.3 is 0 Å². The molecule has 1 unspecified atom stereocenters. The lowest BCUT2D eigenvalue weighted by Crippen LogP contribution is -2.36. The molecule has 1 rings (SSSR count). The van der Waals surface area contributed by atoms with Gasteiger partial charge in [-0.1, -0.05) is 30.3 Å². The number of benzene rings is 1. The van der Waals surface area contributed by atoms with Crippen LogP contribution in [0.5, 0.6) is 0 Å². The van der Waals surface area contributed by atoms with E-state index < -0.39 is 0 Å². The van der Waals surface area contributed by atoms with Crippen molar-refractivity contribution in [3.63, 3.8) is 0 Å². The maximum absolute atomic E-state index is 11.8. The third-order valence-electron chi connectivity index (χ3n) is 3.30. The Balaban J connectivity index is 0. The molecule has 1 atom stereocenters. The van der Waals surface area contributed by atoms with Crippen molar-refractivity contribution in [2.24, 2.45) is 5.73 Å². The molecule has 0 heterocycles. The van der Waals surface area contributed by atoms with Gasteiger partial charge in [-0.2, -0.15) is 0 Å². The lowest BCUT2D eigenvalue weighted by molar-refractivity contribution is -0.121. The van der Waals surface area contributed by atoms with Crippen molar-refractivity contribution in [2.75, 3.05) is 20.1 Å². The van der Waals surface area contributed by atoms with Crippen LogP contribution in [-0.2, 0) is 4.79 Å². The molecule has 0 saturated heterocycles. The smallest absolute Gasteiger partial charge is 0.221 e. The van der Waals surface area contributed by atoms with E-state index in [0.717, 1.165) is 12.1 Å². The standard InChI is InChI=1S/C15H25N3O.2ClH/c1-12(2)18(3)10-9-17-15(19)11-14(16)13-7-5-4-6-8-13;;/h4-8,12,14H,9-11,16H2,1-3H3,(H,17,19);2*1H. The monoisotopic (exact) mass is 335 g/mol. The molecule has 0 bridgehead atoms. The number of carbonyl (C=O) groups excluding carboxylic acids is 1. The van der Waals surface area contributed by atoms with Gasteiger partial charge < -0.3 is 16.0 Å². The first-order chi connectivity index (χ1) is 9.00. The molecule has 0 spiro atoms. The first kappa shape index (κ1) is 22.5. The van der Waals surface area contributed by atoms with Crippen molar-refractivity contribution >= 4 is 30.7 Å². The largest absolute Gasteiger partial charge is 0.355 e. The van der Waals surface area contributed by atoms with E-state index in [0.29, 0.717) is 19.0 Å². The van der Waals surface area contributed by atoms with Crippen LogP contribution in [0.1, 0.15) is 31.9 Å². The zero-order chi connectivity index (χ0) is 14.3. The third-order valence-corrected chi connectivity index (χ3v) is 3.30. The SMILES string of the molecule is CC(C)N(C)CCNC(=O)CC(N)c1ccccc1.Cl.Cl. The van der Waals surface area contributed by atoms with Gasteiger partial charge in [0.1, 0.15) is 0 Å². The number of halogens is 2. The molecule has 6 heteroatoms. The summed E-state index contributed by atoms with van der Waals surface area (Å²) in [6.07, 6.45) is 0.329. The molecule has 1 aromatic carbocycles. The molecule has 0 aliphatic carbocycles. The first-order valence-corrected chi connectivity index (χ1v) is 6.78. The predicted octanol–water partition coefficient (Wildman–Crippen LogP) is 2.38. The van der Waals surface area contributed by atoms with E-state index in [2.05, 4.69) is 24.1 Å². The van der Waals surface area contributed by atoms with E-state index in [4.69, 9.17) is 5.73 Å². The van der Waals surface area contributed by atoms with E-state index in [-0.39, 0.29) is 36.8 Å². The number of hydrogen-bond acceptors (Lipinski definition) is 3. The fourth-order valence-electron chi connectivity index (χ4n) is 1.72. The summed E-state index contributed by atoms with van der Waals surface area (Å²) >= 11 is 0. The topological polar surface area (TPSA) is 58.4 Å². The summed E-state index contributed by atoms with van der Waals surface area (Å²) in [5, 5.41) is 2.91. The van der Waals surface area contributed by atoms with E-state index in [1.807, 2.05) is 37.4 Å². The summed E-state index contributed by atoms with van der Waals surface area (Å²) in [6.45, 7) is 5.78. The maximum atomic E-state index is 11.8. The van der Waals surface area contributed by atoms with Crippen LogP contribution < -0.4 is 11.1 Å². The highest BCUT2D eigenvalue weighted by Gasteiger charge is 2.11. The molecule has 1 aromatic rings. The molecule has 21 heavy (non-hydrogen) atoms. The lowest BCUT2D eigenvalue weighted by atomic mass is 10.0.